The zero-order chi connectivity index (χ0) is 32.9. The maximum absolute atomic E-state index is 7.20. The van der Waals surface area contributed by atoms with E-state index in [2.05, 4.69) is 104 Å². The van der Waals surface area contributed by atoms with Crippen molar-refractivity contribution in [1.82, 2.24) is 0 Å². The van der Waals surface area contributed by atoms with Crippen LogP contribution < -0.4 is 27.6 Å². The average Bonchev–Trinajstić information content (AvgIpc) is 3.05. The summed E-state index contributed by atoms with van der Waals surface area (Å²) >= 11 is 0. The Hall–Kier alpha value is -2.61. The Morgan fingerprint density at radius 2 is 1.28 bits per heavy atom. The number of hydrogen-bond acceptors (Lipinski definition) is 6. The van der Waals surface area contributed by atoms with Crippen molar-refractivity contribution in [3.8, 4) is 34.5 Å². The lowest BCUT2D eigenvalue weighted by atomic mass is 9.71. The van der Waals surface area contributed by atoms with Gasteiger partial charge in [-0.3, -0.25) is 4.70 Å². The molecular weight excluding hydrogens is 706 g/mol. The summed E-state index contributed by atoms with van der Waals surface area (Å²) in [5, 5.41) is 0. The van der Waals surface area contributed by atoms with Gasteiger partial charge in [0.2, 0.25) is 0 Å². The SMILES string of the molecule is C.C.Cc1ccc(C2Oc3c(c(C)cc(C)c3C3c4c(OP)cc(OP)cc4OC(c4ccc(OP)c(OP)c4)C3C)CC2C)cc1C.F.[2HH].[B]. The van der Waals surface area contributed by atoms with Crippen LogP contribution in [0.15, 0.2) is 54.6 Å². The summed E-state index contributed by atoms with van der Waals surface area (Å²) in [4.78, 5) is 0. The van der Waals surface area contributed by atoms with Crippen LogP contribution in [0.4, 0.5) is 4.70 Å². The fourth-order valence-corrected chi connectivity index (χ4v) is 8.00. The highest BCUT2D eigenvalue weighted by atomic mass is 31.0. The molecule has 0 spiro atoms. The van der Waals surface area contributed by atoms with E-state index >= 15 is 0 Å². The van der Waals surface area contributed by atoms with Crippen LogP contribution in [-0.4, -0.2) is 8.41 Å². The van der Waals surface area contributed by atoms with Crippen molar-refractivity contribution in [3.63, 3.8) is 0 Å². The lowest BCUT2D eigenvalue weighted by molar-refractivity contribution is 0.101. The minimum Gasteiger partial charge on any atom is -0.485 e. The zero-order valence-corrected chi connectivity index (χ0v) is 32.7. The van der Waals surface area contributed by atoms with Gasteiger partial charge in [0.05, 0.1) is 37.9 Å². The van der Waals surface area contributed by atoms with E-state index in [9.17, 15) is 0 Å². The van der Waals surface area contributed by atoms with Crippen LogP contribution in [0.5, 0.6) is 34.5 Å². The molecule has 271 valence electrons. The van der Waals surface area contributed by atoms with Crippen LogP contribution >= 0.6 is 37.9 Å². The molecule has 6 nitrogen and oxygen atoms in total. The first-order valence-corrected chi connectivity index (χ1v) is 17.3. The van der Waals surface area contributed by atoms with Crippen LogP contribution in [0, 0.1) is 39.5 Å². The first kappa shape index (κ1) is 43.6. The molecule has 4 aromatic rings. The number of hydrogen-bond donors (Lipinski definition) is 0. The highest BCUT2D eigenvalue weighted by molar-refractivity contribution is 7.11. The standard InChI is InChI=1S/C36H42O6P4.2CH4.B.FH.H2/c1-17-7-8-23(12-18(17)2)34-21(5)13-26-19(3)11-20(4)31(36(26)38-34)32-22(6)35(24-9-10-27(40-44)28(14-24)41-45)37-29-15-25(39-43)16-30(42-46)33(29)32;;;;;/h7-12,14-16,21-22,32,34-35H,13,43-46H2,1-6H3;2*1H4;;2*1H/i;;;;;1+1. The van der Waals surface area contributed by atoms with Gasteiger partial charge in [0.1, 0.15) is 35.2 Å². The minimum atomic E-state index is -0.318. The van der Waals surface area contributed by atoms with Crippen molar-refractivity contribution < 1.29 is 33.7 Å². The second-order valence-electron chi connectivity index (χ2n) is 12.7. The second-order valence-corrected chi connectivity index (χ2v) is 13.6. The van der Waals surface area contributed by atoms with Gasteiger partial charge in [-0.25, -0.2) is 0 Å². The maximum Gasteiger partial charge on any atom is 0.165 e. The van der Waals surface area contributed by atoms with Crippen molar-refractivity contribution in [1.29, 1.82) is 0 Å². The predicted octanol–water partition coefficient (Wildman–Crippen LogP) is 11.1. The fraction of sp³-hybridized carbons (Fsp3) is 0.368. The molecule has 0 saturated heterocycles. The molecular formula is C38H53BFO6P4. The van der Waals surface area contributed by atoms with Crippen molar-refractivity contribution in [2.24, 2.45) is 11.8 Å². The Morgan fingerprint density at radius 1 is 0.640 bits per heavy atom. The van der Waals surface area contributed by atoms with E-state index in [4.69, 9.17) is 27.6 Å². The monoisotopic (exact) mass is 760 g/mol. The normalized spacial score (nSPS) is 20.0. The second kappa shape index (κ2) is 17.7. The Morgan fingerprint density at radius 3 is 1.90 bits per heavy atom. The third kappa shape index (κ3) is 7.76. The first-order chi connectivity index (χ1) is 22.1. The summed E-state index contributed by atoms with van der Waals surface area (Å²) in [5.74, 6) is 4.36. The van der Waals surface area contributed by atoms with E-state index in [0.29, 0.717) is 34.7 Å². The molecule has 0 fully saturated rings. The van der Waals surface area contributed by atoms with Gasteiger partial charge >= 0.3 is 0 Å². The van der Waals surface area contributed by atoms with Crippen LogP contribution in [-0.2, 0) is 6.42 Å². The fourth-order valence-electron chi connectivity index (χ4n) is 7.29. The van der Waals surface area contributed by atoms with Crippen LogP contribution in [0.3, 0.4) is 0 Å². The largest absolute Gasteiger partial charge is 0.485 e. The van der Waals surface area contributed by atoms with Gasteiger partial charge < -0.3 is 27.6 Å². The number of aryl methyl sites for hydroxylation is 4. The van der Waals surface area contributed by atoms with E-state index in [1.165, 1.54) is 38.9 Å². The van der Waals surface area contributed by atoms with Gasteiger partial charge in [-0.1, -0.05) is 59.0 Å². The Balaban J connectivity index is 0.00000260. The molecule has 9 unspecified atom stereocenters. The molecule has 2 heterocycles. The van der Waals surface area contributed by atoms with Gasteiger partial charge in [0.15, 0.2) is 11.5 Å². The number of rotatable bonds is 7. The quantitative estimate of drug-likeness (QED) is 0.138. The van der Waals surface area contributed by atoms with Gasteiger partial charge in [-0.15, -0.1) is 0 Å². The summed E-state index contributed by atoms with van der Waals surface area (Å²) in [5.41, 5.74) is 10.6. The van der Waals surface area contributed by atoms with Crippen molar-refractivity contribution >= 4 is 46.3 Å². The summed E-state index contributed by atoms with van der Waals surface area (Å²) < 4.78 is 36.7. The molecule has 50 heavy (non-hydrogen) atoms. The molecule has 12 heteroatoms. The molecule has 4 aromatic carbocycles. The van der Waals surface area contributed by atoms with E-state index in [-0.39, 0.29) is 53.4 Å². The number of benzene rings is 4. The Kier molecular flexibility index (Phi) is 15.5. The molecule has 9 atom stereocenters. The van der Waals surface area contributed by atoms with Crippen molar-refractivity contribution in [2.75, 3.05) is 0 Å². The molecule has 0 aliphatic carbocycles. The molecule has 3 radical (unpaired) electrons. The highest BCUT2D eigenvalue weighted by Gasteiger charge is 2.44. The third-order valence-electron chi connectivity index (χ3n) is 9.77. The molecule has 2 aliphatic heterocycles. The molecule has 0 N–H and O–H groups in total. The summed E-state index contributed by atoms with van der Waals surface area (Å²) in [6, 6.07) is 18.8. The predicted molar refractivity (Wildman–Crippen MR) is 221 cm³/mol. The average molecular weight is 761 g/mol. The molecule has 0 aromatic heterocycles. The molecule has 0 saturated carbocycles. The Bertz CT molecular complexity index is 1820. The summed E-state index contributed by atoms with van der Waals surface area (Å²) in [6.45, 7) is 13.3. The number of ether oxygens (including phenoxy) is 2. The van der Waals surface area contributed by atoms with Crippen LogP contribution in [0.2, 0.25) is 0 Å². The van der Waals surface area contributed by atoms with Gasteiger partial charge in [-0.05, 0) is 85.2 Å². The van der Waals surface area contributed by atoms with Gasteiger partial charge in [0, 0.05) is 50.9 Å². The minimum absolute atomic E-state index is 0. The van der Waals surface area contributed by atoms with Crippen molar-refractivity contribution in [3.05, 3.63) is 105 Å². The molecule has 0 bridgehead atoms. The lowest BCUT2D eigenvalue weighted by Gasteiger charge is -2.42. The Labute approximate surface area is 311 Å². The third-order valence-corrected chi connectivity index (χ3v) is 10.8. The molecule has 6 rings (SSSR count). The van der Waals surface area contributed by atoms with Crippen molar-refractivity contribution in [2.45, 2.75) is 80.9 Å². The van der Waals surface area contributed by atoms with E-state index in [0.717, 1.165) is 23.3 Å². The van der Waals surface area contributed by atoms with Crippen LogP contribution in [0.1, 0.15) is 98.3 Å². The van der Waals surface area contributed by atoms with E-state index in [1.807, 2.05) is 30.3 Å². The first-order valence-electron chi connectivity index (χ1n) is 15.4. The topological polar surface area (TPSA) is 55.4 Å². The number of halogens is 1. The summed E-state index contributed by atoms with van der Waals surface area (Å²) in [6.07, 6.45) is 0.545. The highest BCUT2D eigenvalue weighted by Crippen LogP contribution is 2.58. The van der Waals surface area contributed by atoms with Gasteiger partial charge in [-0.2, -0.15) is 0 Å². The van der Waals surface area contributed by atoms with E-state index in [1.54, 1.807) is 0 Å². The summed E-state index contributed by atoms with van der Waals surface area (Å²) in [7, 11) is 9.33. The zero-order valence-electron chi connectivity index (χ0n) is 28.0. The van der Waals surface area contributed by atoms with Crippen LogP contribution in [0.25, 0.3) is 0 Å². The lowest BCUT2D eigenvalue weighted by Crippen LogP contribution is -2.32. The maximum atomic E-state index is 7.20. The van der Waals surface area contributed by atoms with Gasteiger partial charge in [0.25, 0.3) is 0 Å². The number of fused-ring (bicyclic) bond motifs is 2. The molecule has 0 amide bonds. The smallest absolute Gasteiger partial charge is 0.165 e. The van der Waals surface area contributed by atoms with E-state index < -0.39 is 0 Å². The molecule has 2 aliphatic rings.